The first-order valence-electron chi connectivity index (χ1n) is 7.37. The van der Waals surface area contributed by atoms with E-state index in [0.717, 1.165) is 0 Å². The maximum absolute atomic E-state index is 11.8. The van der Waals surface area contributed by atoms with Crippen molar-refractivity contribution in [3.05, 3.63) is 24.3 Å². The topological polar surface area (TPSA) is 101 Å². The summed E-state index contributed by atoms with van der Waals surface area (Å²) in [7, 11) is 0. The fourth-order valence-electron chi connectivity index (χ4n) is 1.96. The van der Waals surface area contributed by atoms with Crippen molar-refractivity contribution in [3.63, 3.8) is 0 Å². The van der Waals surface area contributed by atoms with Gasteiger partial charge in [0.25, 0.3) is 0 Å². The molecule has 0 fully saturated rings. The number of aliphatic hydroxyl groups excluding tert-OH is 1. The monoisotopic (exact) mass is 307 g/mol. The molecule has 2 aromatic rings. The molecule has 120 valence electrons. The van der Waals surface area contributed by atoms with Gasteiger partial charge in [-0.3, -0.25) is 4.79 Å². The van der Waals surface area contributed by atoms with Crippen molar-refractivity contribution in [2.75, 3.05) is 6.61 Å². The van der Waals surface area contributed by atoms with Gasteiger partial charge in [0, 0.05) is 12.8 Å². The van der Waals surface area contributed by atoms with Gasteiger partial charge in [-0.25, -0.2) is 0 Å². The van der Waals surface area contributed by atoms with E-state index in [1.54, 1.807) is 18.4 Å². The van der Waals surface area contributed by atoms with Gasteiger partial charge < -0.3 is 19.4 Å². The third-order valence-corrected chi connectivity index (χ3v) is 3.35. The average Bonchev–Trinajstić information content (AvgIpc) is 3.15. The third-order valence-electron chi connectivity index (χ3n) is 3.35. The van der Waals surface area contributed by atoms with Crippen LogP contribution in [-0.4, -0.2) is 33.8 Å². The Morgan fingerprint density at radius 1 is 1.45 bits per heavy atom. The second kappa shape index (κ2) is 7.74. The van der Waals surface area contributed by atoms with E-state index in [2.05, 4.69) is 15.5 Å². The molecule has 0 saturated heterocycles. The van der Waals surface area contributed by atoms with Crippen LogP contribution in [0.2, 0.25) is 0 Å². The number of hydrogen-bond donors (Lipinski definition) is 2. The molecular weight excluding hydrogens is 286 g/mol. The van der Waals surface area contributed by atoms with E-state index in [1.807, 2.05) is 13.8 Å². The summed E-state index contributed by atoms with van der Waals surface area (Å²) in [6.45, 7) is 3.85. The molecule has 2 aromatic heterocycles. The lowest BCUT2D eigenvalue weighted by Crippen LogP contribution is -2.41. The molecule has 0 spiro atoms. The highest BCUT2D eigenvalue weighted by Crippen LogP contribution is 2.16. The number of nitrogens with one attached hydrogen (secondary N) is 1. The van der Waals surface area contributed by atoms with Gasteiger partial charge in [-0.1, -0.05) is 19.0 Å². The molecule has 2 heterocycles. The summed E-state index contributed by atoms with van der Waals surface area (Å²) in [5.74, 6) is 1.54. The molecule has 0 aliphatic heterocycles. The number of nitrogens with zero attached hydrogens (tertiary/aromatic N) is 2. The summed E-state index contributed by atoms with van der Waals surface area (Å²) in [6, 6.07) is 3.30. The first-order chi connectivity index (χ1) is 10.6. The zero-order chi connectivity index (χ0) is 15.9. The highest BCUT2D eigenvalue weighted by atomic mass is 16.5. The fourth-order valence-corrected chi connectivity index (χ4v) is 1.96. The Balaban J connectivity index is 1.76. The number of rotatable bonds is 8. The molecule has 7 nitrogen and oxygen atoms in total. The summed E-state index contributed by atoms with van der Waals surface area (Å²) >= 11 is 0. The van der Waals surface area contributed by atoms with Gasteiger partial charge in [-0.15, -0.1) is 0 Å². The summed E-state index contributed by atoms with van der Waals surface area (Å²) in [4.78, 5) is 16.0. The molecule has 1 atom stereocenters. The minimum atomic E-state index is -0.207. The molecular formula is C15H21N3O4. The van der Waals surface area contributed by atoms with E-state index >= 15 is 0 Å². The smallest absolute Gasteiger partial charge is 0.238 e. The van der Waals surface area contributed by atoms with Crippen LogP contribution in [0.4, 0.5) is 0 Å². The van der Waals surface area contributed by atoms with Gasteiger partial charge in [-0.05, 0) is 24.5 Å². The maximum atomic E-state index is 11.8. The van der Waals surface area contributed by atoms with E-state index in [-0.39, 0.29) is 24.5 Å². The minimum absolute atomic E-state index is 0.0560. The first-order valence-corrected chi connectivity index (χ1v) is 7.37. The molecule has 22 heavy (non-hydrogen) atoms. The maximum Gasteiger partial charge on any atom is 0.238 e. The van der Waals surface area contributed by atoms with Gasteiger partial charge in [0.2, 0.25) is 17.6 Å². The molecule has 0 radical (unpaired) electrons. The Morgan fingerprint density at radius 3 is 2.91 bits per heavy atom. The number of carbonyl (C=O) groups is 1. The van der Waals surface area contributed by atoms with Crippen molar-refractivity contribution in [2.24, 2.45) is 5.92 Å². The van der Waals surface area contributed by atoms with Crippen LogP contribution in [-0.2, 0) is 11.2 Å². The first kappa shape index (κ1) is 16.2. The van der Waals surface area contributed by atoms with Crippen LogP contribution in [0, 0.1) is 5.92 Å². The minimum Gasteiger partial charge on any atom is -0.461 e. The van der Waals surface area contributed by atoms with Crippen molar-refractivity contribution in [1.29, 1.82) is 0 Å². The second-order valence-corrected chi connectivity index (χ2v) is 5.44. The van der Waals surface area contributed by atoms with Crippen LogP contribution in [0.1, 0.15) is 32.6 Å². The largest absolute Gasteiger partial charge is 0.461 e. The van der Waals surface area contributed by atoms with E-state index in [4.69, 9.17) is 8.94 Å². The molecule has 0 aromatic carbocycles. The number of carbonyl (C=O) groups excluding carboxylic acids is 1. The van der Waals surface area contributed by atoms with Gasteiger partial charge in [0.15, 0.2) is 5.76 Å². The average molecular weight is 307 g/mol. The van der Waals surface area contributed by atoms with Gasteiger partial charge in [0.05, 0.1) is 18.9 Å². The predicted molar refractivity (Wildman–Crippen MR) is 78.8 cm³/mol. The molecule has 0 unspecified atom stereocenters. The third kappa shape index (κ3) is 4.42. The highest BCUT2D eigenvalue weighted by molar-refractivity contribution is 5.76. The van der Waals surface area contributed by atoms with Gasteiger partial charge in [-0.2, -0.15) is 4.98 Å². The van der Waals surface area contributed by atoms with E-state index in [9.17, 15) is 9.90 Å². The Bertz CT molecular complexity index is 577. The van der Waals surface area contributed by atoms with Crippen molar-refractivity contribution < 1.29 is 18.8 Å². The summed E-state index contributed by atoms with van der Waals surface area (Å²) in [5, 5.41) is 15.8. The molecule has 0 saturated carbocycles. The fraction of sp³-hybridized carbons (Fsp3) is 0.533. The molecule has 0 bridgehead atoms. The molecule has 2 N–H and O–H groups in total. The Hall–Kier alpha value is -2.15. The second-order valence-electron chi connectivity index (χ2n) is 5.44. The Labute approximate surface area is 128 Å². The van der Waals surface area contributed by atoms with Crippen LogP contribution in [0.15, 0.2) is 27.3 Å². The lowest BCUT2D eigenvalue weighted by atomic mass is 10.1. The molecule has 7 heteroatoms. The van der Waals surface area contributed by atoms with Crippen molar-refractivity contribution in [2.45, 2.75) is 39.2 Å². The summed E-state index contributed by atoms with van der Waals surface area (Å²) < 4.78 is 10.3. The lowest BCUT2D eigenvalue weighted by molar-refractivity contribution is -0.122. The number of hydrogen-bond acceptors (Lipinski definition) is 6. The normalized spacial score (nSPS) is 12.5. The zero-order valence-electron chi connectivity index (χ0n) is 12.8. The van der Waals surface area contributed by atoms with E-state index in [1.165, 1.54) is 0 Å². The zero-order valence-corrected chi connectivity index (χ0v) is 12.8. The van der Waals surface area contributed by atoms with Crippen LogP contribution < -0.4 is 5.32 Å². The van der Waals surface area contributed by atoms with Crippen LogP contribution in [0.3, 0.4) is 0 Å². The number of amides is 1. The highest BCUT2D eigenvalue weighted by Gasteiger charge is 2.15. The quantitative estimate of drug-likeness (QED) is 0.771. The molecule has 2 rings (SSSR count). The van der Waals surface area contributed by atoms with Gasteiger partial charge in [0.1, 0.15) is 0 Å². The van der Waals surface area contributed by atoms with Crippen molar-refractivity contribution >= 4 is 5.91 Å². The predicted octanol–water partition coefficient (Wildman–Crippen LogP) is 1.79. The Morgan fingerprint density at radius 2 is 2.27 bits per heavy atom. The van der Waals surface area contributed by atoms with Gasteiger partial charge >= 0.3 is 0 Å². The van der Waals surface area contributed by atoms with Crippen LogP contribution >= 0.6 is 0 Å². The van der Waals surface area contributed by atoms with Crippen molar-refractivity contribution in [1.82, 2.24) is 15.5 Å². The van der Waals surface area contributed by atoms with E-state index in [0.29, 0.717) is 36.7 Å². The number of furan rings is 1. The van der Waals surface area contributed by atoms with Crippen molar-refractivity contribution in [3.8, 4) is 11.6 Å². The molecule has 0 aliphatic rings. The summed E-state index contributed by atoms with van der Waals surface area (Å²) in [5.41, 5.74) is 0. The number of aryl methyl sites for hydroxylation is 1. The molecule has 1 amide bonds. The lowest BCUT2D eigenvalue weighted by Gasteiger charge is -2.19. The standard InChI is InChI=1S/C15H21N3O4/c1-10(2)11(9-19)16-13(20)6-3-7-14-17-15(18-22-14)12-5-4-8-21-12/h4-5,8,10-11,19H,3,6-7,9H2,1-2H3,(H,16,20)/t11-/m0/s1. The SMILES string of the molecule is CC(C)[C@H](CO)NC(=O)CCCc1nc(-c2ccco2)no1. The molecule has 0 aliphatic carbocycles. The van der Waals surface area contributed by atoms with E-state index < -0.39 is 0 Å². The number of aromatic nitrogens is 2. The number of aliphatic hydroxyl groups is 1. The Kier molecular flexibility index (Phi) is 5.71. The van der Waals surface area contributed by atoms with Crippen LogP contribution in [0.25, 0.3) is 11.6 Å². The van der Waals surface area contributed by atoms with Crippen LogP contribution in [0.5, 0.6) is 0 Å². The summed E-state index contributed by atoms with van der Waals surface area (Å²) in [6.07, 6.45) is 3.01.